The maximum absolute atomic E-state index is 12.1. The Morgan fingerprint density at radius 1 is 0.957 bits per heavy atom. The number of para-hydroxylation sites is 2. The molecule has 0 atom stereocenters. The van der Waals surface area contributed by atoms with E-state index in [-0.39, 0.29) is 12.2 Å². The molecule has 1 N–H and O–H groups in total. The minimum atomic E-state index is -0.612. The number of carbonyl (C=O) groups is 2. The van der Waals surface area contributed by atoms with E-state index < -0.39 is 11.9 Å². The minimum Gasteiger partial charge on any atom is -0.452 e. The molecule has 1 heterocycles. The van der Waals surface area contributed by atoms with Gasteiger partial charge in [-0.05, 0) is 24.3 Å². The Morgan fingerprint density at radius 3 is 2.57 bits per heavy atom. The van der Waals surface area contributed by atoms with Crippen molar-refractivity contribution in [3.05, 3.63) is 66.5 Å². The lowest BCUT2D eigenvalue weighted by Gasteiger charge is -2.07. The number of ether oxygens (including phenoxy) is 1. The number of esters is 1. The van der Waals surface area contributed by atoms with Crippen LogP contribution in [0.4, 0.5) is 5.69 Å². The fourth-order valence-corrected chi connectivity index (χ4v) is 2.08. The van der Waals surface area contributed by atoms with Crippen LogP contribution in [0.5, 0.6) is 0 Å². The highest BCUT2D eigenvalue weighted by atomic mass is 16.5. The summed E-state index contributed by atoms with van der Waals surface area (Å²) in [6.45, 7) is -0.371. The first-order valence-electron chi connectivity index (χ1n) is 6.96. The van der Waals surface area contributed by atoms with E-state index in [1.807, 2.05) is 6.07 Å². The van der Waals surface area contributed by atoms with Gasteiger partial charge in [0.1, 0.15) is 5.52 Å². The van der Waals surface area contributed by atoms with Crippen LogP contribution in [0.15, 0.2) is 60.9 Å². The minimum absolute atomic E-state index is 0.281. The summed E-state index contributed by atoms with van der Waals surface area (Å²) in [5, 5.41) is 2.64. The van der Waals surface area contributed by atoms with Crippen LogP contribution in [-0.2, 0) is 9.53 Å². The van der Waals surface area contributed by atoms with Crippen LogP contribution in [0.25, 0.3) is 11.0 Å². The summed E-state index contributed by atoms with van der Waals surface area (Å²) in [5.74, 6) is -1.02. The molecule has 0 spiro atoms. The average Bonchev–Trinajstić information content (AvgIpc) is 2.60. The lowest BCUT2D eigenvalue weighted by molar-refractivity contribution is -0.119. The number of benzene rings is 2. The van der Waals surface area contributed by atoms with Gasteiger partial charge in [-0.3, -0.25) is 14.8 Å². The molecule has 6 nitrogen and oxygen atoms in total. The van der Waals surface area contributed by atoms with Crippen LogP contribution in [0.2, 0.25) is 0 Å². The number of nitrogens with zero attached hydrogens (tertiary/aromatic N) is 2. The molecule has 1 amide bonds. The van der Waals surface area contributed by atoms with Crippen LogP contribution in [0.1, 0.15) is 10.4 Å². The van der Waals surface area contributed by atoms with Crippen LogP contribution in [-0.4, -0.2) is 28.5 Å². The molecular formula is C17H13N3O3. The molecule has 0 radical (unpaired) electrons. The van der Waals surface area contributed by atoms with Gasteiger partial charge in [-0.15, -0.1) is 0 Å². The van der Waals surface area contributed by atoms with E-state index in [1.54, 1.807) is 48.7 Å². The second-order valence-corrected chi connectivity index (χ2v) is 4.72. The van der Waals surface area contributed by atoms with Crippen LogP contribution in [0, 0.1) is 0 Å². The van der Waals surface area contributed by atoms with Crippen molar-refractivity contribution in [3.63, 3.8) is 0 Å². The van der Waals surface area contributed by atoms with Gasteiger partial charge in [0.05, 0.1) is 11.1 Å². The van der Waals surface area contributed by atoms with E-state index in [2.05, 4.69) is 15.3 Å². The van der Waals surface area contributed by atoms with Gasteiger partial charge in [0.25, 0.3) is 5.91 Å². The van der Waals surface area contributed by atoms with Gasteiger partial charge in [0, 0.05) is 18.1 Å². The Kier molecular flexibility index (Phi) is 4.24. The van der Waals surface area contributed by atoms with E-state index in [0.29, 0.717) is 16.7 Å². The Morgan fingerprint density at radius 2 is 1.74 bits per heavy atom. The van der Waals surface area contributed by atoms with Gasteiger partial charge in [0.15, 0.2) is 6.61 Å². The Hall–Kier alpha value is -3.28. The number of anilines is 1. The summed E-state index contributed by atoms with van der Waals surface area (Å²) in [6.07, 6.45) is 3.05. The molecule has 0 bridgehead atoms. The van der Waals surface area contributed by atoms with Crippen molar-refractivity contribution in [1.29, 1.82) is 0 Å². The summed E-state index contributed by atoms with van der Waals surface area (Å²) in [6, 6.07) is 14.0. The number of amides is 1. The second kappa shape index (κ2) is 6.65. The molecule has 0 aliphatic heterocycles. The first-order chi connectivity index (χ1) is 11.2. The number of rotatable bonds is 4. The molecule has 1 aromatic heterocycles. The van der Waals surface area contributed by atoms with Crippen molar-refractivity contribution in [2.75, 3.05) is 11.9 Å². The van der Waals surface area contributed by atoms with Crippen molar-refractivity contribution >= 4 is 28.6 Å². The molecule has 3 aromatic rings. The van der Waals surface area contributed by atoms with Gasteiger partial charge >= 0.3 is 5.97 Å². The summed E-state index contributed by atoms with van der Waals surface area (Å²) in [5.41, 5.74) is 1.96. The van der Waals surface area contributed by atoms with Crippen molar-refractivity contribution in [3.8, 4) is 0 Å². The Labute approximate surface area is 132 Å². The summed E-state index contributed by atoms with van der Waals surface area (Å²) in [4.78, 5) is 32.2. The van der Waals surface area contributed by atoms with Crippen molar-refractivity contribution in [2.24, 2.45) is 0 Å². The van der Waals surface area contributed by atoms with Crippen LogP contribution < -0.4 is 5.32 Å². The maximum atomic E-state index is 12.1. The number of aromatic nitrogens is 2. The Bertz CT molecular complexity index is 845. The van der Waals surface area contributed by atoms with E-state index in [1.165, 1.54) is 6.20 Å². The first-order valence-corrected chi connectivity index (χ1v) is 6.96. The highest BCUT2D eigenvalue weighted by Gasteiger charge is 2.14. The zero-order valence-corrected chi connectivity index (χ0v) is 12.1. The highest BCUT2D eigenvalue weighted by molar-refractivity contribution is 6.02. The van der Waals surface area contributed by atoms with E-state index >= 15 is 0 Å². The fourth-order valence-electron chi connectivity index (χ4n) is 2.08. The molecule has 2 aromatic carbocycles. The predicted octanol–water partition coefficient (Wildman–Crippen LogP) is 2.43. The Balaban J connectivity index is 1.66. The summed E-state index contributed by atoms with van der Waals surface area (Å²) >= 11 is 0. The quantitative estimate of drug-likeness (QED) is 0.749. The zero-order chi connectivity index (χ0) is 16.1. The summed E-state index contributed by atoms with van der Waals surface area (Å²) in [7, 11) is 0. The largest absolute Gasteiger partial charge is 0.452 e. The lowest BCUT2D eigenvalue weighted by atomic mass is 10.2. The van der Waals surface area contributed by atoms with Crippen LogP contribution >= 0.6 is 0 Å². The number of hydrogen-bond donors (Lipinski definition) is 1. The van der Waals surface area contributed by atoms with E-state index in [9.17, 15) is 9.59 Å². The van der Waals surface area contributed by atoms with Gasteiger partial charge in [-0.1, -0.05) is 24.3 Å². The fraction of sp³-hybridized carbons (Fsp3) is 0.0588. The van der Waals surface area contributed by atoms with E-state index in [0.717, 1.165) is 0 Å². The van der Waals surface area contributed by atoms with Gasteiger partial charge < -0.3 is 10.1 Å². The van der Waals surface area contributed by atoms with Gasteiger partial charge in [-0.25, -0.2) is 4.79 Å². The smallest absolute Gasteiger partial charge is 0.340 e. The normalized spacial score (nSPS) is 10.3. The average molecular weight is 307 g/mol. The molecule has 114 valence electrons. The van der Waals surface area contributed by atoms with Crippen LogP contribution in [0.3, 0.4) is 0 Å². The lowest BCUT2D eigenvalue weighted by Crippen LogP contribution is -2.21. The van der Waals surface area contributed by atoms with Crippen molar-refractivity contribution in [2.45, 2.75) is 0 Å². The number of fused-ring (bicyclic) bond motifs is 1. The first kappa shape index (κ1) is 14.6. The van der Waals surface area contributed by atoms with E-state index in [4.69, 9.17) is 4.74 Å². The SMILES string of the molecule is O=C(COC(=O)c1cccc2nccnc12)Nc1ccccc1. The molecule has 6 heteroatoms. The third-order valence-corrected chi connectivity index (χ3v) is 3.11. The van der Waals surface area contributed by atoms with Crippen molar-refractivity contribution < 1.29 is 14.3 Å². The molecule has 0 aliphatic rings. The third-order valence-electron chi connectivity index (χ3n) is 3.11. The zero-order valence-electron chi connectivity index (χ0n) is 12.1. The number of hydrogen-bond acceptors (Lipinski definition) is 5. The molecule has 23 heavy (non-hydrogen) atoms. The molecular weight excluding hydrogens is 294 g/mol. The van der Waals surface area contributed by atoms with Gasteiger partial charge in [0.2, 0.25) is 0 Å². The molecule has 0 saturated heterocycles. The highest BCUT2D eigenvalue weighted by Crippen LogP contribution is 2.14. The van der Waals surface area contributed by atoms with Gasteiger partial charge in [-0.2, -0.15) is 0 Å². The maximum Gasteiger partial charge on any atom is 0.340 e. The molecule has 0 unspecified atom stereocenters. The third kappa shape index (κ3) is 3.49. The molecule has 3 rings (SSSR count). The topological polar surface area (TPSA) is 81.2 Å². The van der Waals surface area contributed by atoms with Crippen molar-refractivity contribution in [1.82, 2.24) is 9.97 Å². The number of nitrogens with one attached hydrogen (secondary N) is 1. The molecule has 0 fully saturated rings. The molecule has 0 aliphatic carbocycles. The predicted molar refractivity (Wildman–Crippen MR) is 84.9 cm³/mol. The monoisotopic (exact) mass is 307 g/mol. The number of carbonyl (C=O) groups excluding carboxylic acids is 2. The molecule has 0 saturated carbocycles. The second-order valence-electron chi connectivity index (χ2n) is 4.72. The standard InChI is InChI=1S/C17H13N3O3/c21-15(20-12-5-2-1-3-6-12)11-23-17(22)13-7-4-8-14-16(13)19-10-9-18-14/h1-10H,11H2,(H,20,21). The summed E-state index contributed by atoms with van der Waals surface area (Å²) < 4.78 is 5.05.